The summed E-state index contributed by atoms with van der Waals surface area (Å²) < 4.78 is 0. The van der Waals surface area contributed by atoms with Crippen LogP contribution >= 0.6 is 12.4 Å². The molecule has 0 radical (unpaired) electrons. The molecule has 0 aromatic carbocycles. The lowest BCUT2D eigenvalue weighted by molar-refractivity contribution is -0.146. The molecule has 0 bridgehead atoms. The third-order valence-electron chi connectivity index (χ3n) is 5.27. The number of hydrogen-bond donors (Lipinski definition) is 2. The highest BCUT2D eigenvalue weighted by Gasteiger charge is 2.11. The molecule has 0 aliphatic heterocycles. The lowest BCUT2D eigenvalue weighted by Crippen LogP contribution is -2.18. The van der Waals surface area contributed by atoms with E-state index >= 15 is 0 Å². The Kier molecular flexibility index (Phi) is 25.9. The van der Waals surface area contributed by atoms with Crippen LogP contribution in [-0.2, 0) is 4.79 Å². The minimum atomic E-state index is -1.17. The molecule has 0 aliphatic carbocycles. The van der Waals surface area contributed by atoms with Gasteiger partial charge in [0, 0.05) is 0 Å². The first-order valence-electron chi connectivity index (χ1n) is 11.7. The first-order chi connectivity index (χ1) is 13.2. The van der Waals surface area contributed by atoms with Gasteiger partial charge in [-0.15, -0.1) is 12.4 Å². The van der Waals surface area contributed by atoms with Crippen molar-refractivity contribution < 1.29 is 15.0 Å². The van der Waals surface area contributed by atoms with Crippen molar-refractivity contribution in [3.05, 3.63) is 12.2 Å². The second-order valence-corrected chi connectivity index (χ2v) is 7.99. The Morgan fingerprint density at radius 2 is 1.04 bits per heavy atom. The Hall–Kier alpha value is -0.540. The molecule has 2 N–H and O–H groups in total. The normalized spacial score (nSPS) is 12.2. The number of carboxylic acid groups (broad SMARTS) is 1. The maximum Gasteiger partial charge on any atom is 0.332 e. The summed E-state index contributed by atoms with van der Waals surface area (Å²) in [6, 6.07) is 0. The summed E-state index contributed by atoms with van der Waals surface area (Å²) in [5, 5.41) is 17.8. The summed E-state index contributed by atoms with van der Waals surface area (Å²) in [6.45, 7) is 2.27. The van der Waals surface area contributed by atoms with Gasteiger partial charge in [-0.25, -0.2) is 4.79 Å². The fourth-order valence-corrected chi connectivity index (χ4v) is 3.42. The van der Waals surface area contributed by atoms with Crippen molar-refractivity contribution in [2.75, 3.05) is 0 Å². The molecule has 4 heteroatoms. The SMILES string of the molecule is CCCCCCCC/C=C\CCCCCCCCCCCCC(O)C(=O)O.Cl. The number of aliphatic carboxylic acids is 1. The Morgan fingerprint density at radius 3 is 1.43 bits per heavy atom. The van der Waals surface area contributed by atoms with Crippen molar-refractivity contribution in [2.24, 2.45) is 0 Å². The summed E-state index contributed by atoms with van der Waals surface area (Å²) in [5.74, 6) is -1.09. The van der Waals surface area contributed by atoms with Crippen LogP contribution in [0, 0.1) is 0 Å². The highest BCUT2D eigenvalue weighted by Crippen LogP contribution is 2.13. The van der Waals surface area contributed by atoms with Crippen molar-refractivity contribution in [3.8, 4) is 0 Å². The predicted octanol–water partition coefficient (Wildman–Crippen LogP) is 7.84. The molecule has 0 aliphatic rings. The molecule has 1 unspecified atom stereocenters. The highest BCUT2D eigenvalue weighted by atomic mass is 35.5. The van der Waals surface area contributed by atoms with Crippen LogP contribution in [0.1, 0.15) is 129 Å². The smallest absolute Gasteiger partial charge is 0.332 e. The van der Waals surface area contributed by atoms with E-state index in [1.165, 1.54) is 96.3 Å². The first-order valence-corrected chi connectivity index (χ1v) is 11.7. The van der Waals surface area contributed by atoms with Gasteiger partial charge in [-0.2, -0.15) is 0 Å². The monoisotopic (exact) mass is 418 g/mol. The van der Waals surface area contributed by atoms with Gasteiger partial charge in [-0.3, -0.25) is 0 Å². The molecule has 28 heavy (non-hydrogen) atoms. The maximum atomic E-state index is 10.5. The third-order valence-corrected chi connectivity index (χ3v) is 5.27. The molecule has 0 aromatic heterocycles. The van der Waals surface area contributed by atoms with Crippen LogP contribution in [0.25, 0.3) is 0 Å². The van der Waals surface area contributed by atoms with Crippen LogP contribution in [-0.4, -0.2) is 22.3 Å². The van der Waals surface area contributed by atoms with Crippen LogP contribution in [0.15, 0.2) is 12.2 Å². The molecular weight excluding hydrogens is 372 g/mol. The summed E-state index contributed by atoms with van der Waals surface area (Å²) >= 11 is 0. The second kappa shape index (κ2) is 24.5. The Labute approximate surface area is 180 Å². The van der Waals surface area contributed by atoms with Gasteiger partial charge in [0.15, 0.2) is 6.10 Å². The number of rotatable bonds is 21. The molecule has 0 rings (SSSR count). The van der Waals surface area contributed by atoms with Gasteiger partial charge in [0.05, 0.1) is 0 Å². The van der Waals surface area contributed by atoms with Crippen molar-refractivity contribution in [1.82, 2.24) is 0 Å². The van der Waals surface area contributed by atoms with E-state index in [0.29, 0.717) is 6.42 Å². The Bertz CT molecular complexity index is 345. The van der Waals surface area contributed by atoms with Gasteiger partial charge < -0.3 is 10.2 Å². The predicted molar refractivity (Wildman–Crippen MR) is 123 cm³/mol. The molecule has 0 saturated heterocycles. The number of unbranched alkanes of at least 4 members (excludes halogenated alkanes) is 16. The number of hydrogen-bond acceptors (Lipinski definition) is 2. The molecule has 0 fully saturated rings. The summed E-state index contributed by atoms with van der Waals surface area (Å²) in [7, 11) is 0. The standard InChI is InChI=1S/C24H46O3.ClH/c1-2-3-4-5-6-7-8-9-10-11-12-13-14-15-16-17-18-19-20-21-22-23(25)24(26)27;/h9-10,23,25H,2-8,11-22H2,1H3,(H,26,27);1H/b10-9-;. The topological polar surface area (TPSA) is 57.5 Å². The maximum absolute atomic E-state index is 10.5. The van der Waals surface area contributed by atoms with Crippen LogP contribution in [0.3, 0.4) is 0 Å². The minimum absolute atomic E-state index is 0. The van der Waals surface area contributed by atoms with Crippen molar-refractivity contribution in [3.63, 3.8) is 0 Å². The van der Waals surface area contributed by atoms with Gasteiger partial charge in [0.25, 0.3) is 0 Å². The van der Waals surface area contributed by atoms with E-state index in [1.807, 2.05) is 0 Å². The lowest BCUT2D eigenvalue weighted by Gasteiger charge is -2.05. The summed E-state index contributed by atoms with van der Waals surface area (Å²) in [6.07, 6.45) is 27.1. The molecular formula is C24H47ClO3. The second-order valence-electron chi connectivity index (χ2n) is 7.99. The van der Waals surface area contributed by atoms with Crippen LogP contribution in [0.4, 0.5) is 0 Å². The van der Waals surface area contributed by atoms with Gasteiger partial charge in [-0.1, -0.05) is 109 Å². The quantitative estimate of drug-likeness (QED) is 0.147. The fourth-order valence-electron chi connectivity index (χ4n) is 3.42. The number of halogens is 1. The summed E-state index contributed by atoms with van der Waals surface area (Å²) in [5.41, 5.74) is 0. The zero-order valence-corrected chi connectivity index (χ0v) is 19.2. The average molecular weight is 419 g/mol. The Balaban J connectivity index is 0. The lowest BCUT2D eigenvalue weighted by atomic mass is 10.0. The van der Waals surface area contributed by atoms with E-state index in [0.717, 1.165) is 19.3 Å². The molecule has 0 amide bonds. The van der Waals surface area contributed by atoms with Gasteiger partial charge in [0.1, 0.15) is 0 Å². The minimum Gasteiger partial charge on any atom is -0.479 e. The number of aliphatic hydroxyl groups is 1. The molecule has 0 aromatic rings. The van der Waals surface area contributed by atoms with E-state index in [-0.39, 0.29) is 12.4 Å². The van der Waals surface area contributed by atoms with E-state index in [4.69, 9.17) is 5.11 Å². The molecule has 0 saturated carbocycles. The first kappa shape index (κ1) is 29.7. The number of allylic oxidation sites excluding steroid dienone is 2. The van der Waals surface area contributed by atoms with Crippen molar-refractivity contribution in [1.29, 1.82) is 0 Å². The fraction of sp³-hybridized carbons (Fsp3) is 0.875. The van der Waals surface area contributed by atoms with Gasteiger partial charge >= 0.3 is 5.97 Å². The van der Waals surface area contributed by atoms with E-state index < -0.39 is 12.1 Å². The molecule has 0 spiro atoms. The van der Waals surface area contributed by atoms with Gasteiger partial charge in [0.2, 0.25) is 0 Å². The van der Waals surface area contributed by atoms with E-state index in [2.05, 4.69) is 19.1 Å². The van der Waals surface area contributed by atoms with Crippen LogP contribution < -0.4 is 0 Å². The molecule has 3 nitrogen and oxygen atoms in total. The van der Waals surface area contributed by atoms with Gasteiger partial charge in [-0.05, 0) is 32.1 Å². The third kappa shape index (κ3) is 23.5. The zero-order chi connectivity index (χ0) is 20.0. The van der Waals surface area contributed by atoms with Crippen molar-refractivity contribution in [2.45, 2.75) is 135 Å². The van der Waals surface area contributed by atoms with E-state index in [9.17, 15) is 9.90 Å². The molecule has 0 heterocycles. The number of carboxylic acids is 1. The molecule has 168 valence electrons. The Morgan fingerprint density at radius 1 is 0.679 bits per heavy atom. The van der Waals surface area contributed by atoms with Crippen LogP contribution in [0.5, 0.6) is 0 Å². The van der Waals surface area contributed by atoms with E-state index in [1.54, 1.807) is 0 Å². The summed E-state index contributed by atoms with van der Waals surface area (Å²) in [4.78, 5) is 10.5. The largest absolute Gasteiger partial charge is 0.479 e. The number of carbonyl (C=O) groups is 1. The zero-order valence-electron chi connectivity index (χ0n) is 18.4. The molecule has 1 atom stereocenters. The van der Waals surface area contributed by atoms with Crippen LogP contribution in [0.2, 0.25) is 0 Å². The average Bonchev–Trinajstić information content (AvgIpc) is 2.66. The number of aliphatic hydroxyl groups excluding tert-OH is 1. The van der Waals surface area contributed by atoms with Crippen molar-refractivity contribution >= 4 is 18.4 Å². The highest BCUT2D eigenvalue weighted by molar-refractivity contribution is 5.85.